The number of aromatic amines is 2. The van der Waals surface area contributed by atoms with Gasteiger partial charge >= 0.3 is 30.8 Å². The van der Waals surface area contributed by atoms with Crippen molar-refractivity contribution in [3.05, 3.63) is 71.0 Å². The first kappa shape index (κ1) is 30.4. The molecule has 0 aliphatic rings. The van der Waals surface area contributed by atoms with E-state index >= 15 is 0 Å². The minimum atomic E-state index is -1.37. The van der Waals surface area contributed by atoms with Crippen LogP contribution in [0.25, 0.3) is 21.8 Å². The number of terminal acetylenes is 1. The van der Waals surface area contributed by atoms with Crippen molar-refractivity contribution in [3.8, 4) is 23.8 Å². The molecule has 2 heterocycles. The fourth-order valence-electron chi connectivity index (χ4n) is 3.13. The van der Waals surface area contributed by atoms with Crippen molar-refractivity contribution >= 4 is 41.8 Å². The van der Waals surface area contributed by atoms with Crippen LogP contribution in [0, 0.1) is 23.8 Å². The number of aromatic nitrogens is 2. The Morgan fingerprint density at radius 3 is 2.00 bits per heavy atom. The predicted octanol–water partition coefficient (Wildman–Crippen LogP) is 2.25. The molecule has 0 bridgehead atoms. The average molecular weight is 495 g/mol. The Kier molecular flexibility index (Phi) is 10.9. The Labute approximate surface area is 223 Å². The molecule has 0 radical (unpaired) electrons. The van der Waals surface area contributed by atoms with Crippen molar-refractivity contribution in [2.75, 3.05) is 6.61 Å². The van der Waals surface area contributed by atoms with Gasteiger partial charge in [0.05, 0.1) is 6.61 Å². The summed E-state index contributed by atoms with van der Waals surface area (Å²) >= 11 is 0. The number of rotatable bonds is 3. The van der Waals surface area contributed by atoms with E-state index in [2.05, 4.69) is 47.0 Å². The van der Waals surface area contributed by atoms with Gasteiger partial charge in [-0.3, -0.25) is 0 Å². The molecule has 180 valence electrons. The Morgan fingerprint density at radius 2 is 1.47 bits per heavy atom. The largest absolute Gasteiger partial charge is 1.00 e. The van der Waals surface area contributed by atoms with E-state index in [1.54, 1.807) is 31.2 Å². The number of H-pyrrole nitrogens is 2. The van der Waals surface area contributed by atoms with Crippen LogP contribution in [0.1, 0.15) is 39.0 Å². The van der Waals surface area contributed by atoms with Crippen LogP contribution in [0.5, 0.6) is 0 Å². The van der Waals surface area contributed by atoms with Crippen LogP contribution in [-0.2, 0) is 4.74 Å². The van der Waals surface area contributed by atoms with Crippen LogP contribution in [0.2, 0.25) is 19.6 Å². The normalized spacial score (nSPS) is 9.97. The summed E-state index contributed by atoms with van der Waals surface area (Å²) in [6.07, 6.45) is 5.23. The zero-order chi connectivity index (χ0) is 24.9. The topological polar surface area (TPSA) is 125 Å². The van der Waals surface area contributed by atoms with Crippen molar-refractivity contribution in [2.45, 2.75) is 26.6 Å². The van der Waals surface area contributed by atoms with E-state index in [0.717, 1.165) is 32.9 Å². The smallest absolute Gasteiger partial charge is 0.870 e. The number of fused-ring (bicyclic) bond motifs is 2. The molecule has 2 aromatic heterocycles. The second-order valence-electron chi connectivity index (χ2n) is 8.64. The first-order valence-corrected chi connectivity index (χ1v) is 14.3. The zero-order valence-corrected chi connectivity index (χ0v) is 22.0. The molecule has 0 amide bonds. The van der Waals surface area contributed by atoms with E-state index in [0.29, 0.717) is 12.3 Å². The fraction of sp³-hybridized carbons (Fsp3) is 0.185. The number of hydrogen-bond acceptors (Lipinski definition) is 4. The van der Waals surface area contributed by atoms with Gasteiger partial charge in [0.2, 0.25) is 0 Å². The molecule has 0 spiro atoms. The number of aromatic carboxylic acids is 1. The van der Waals surface area contributed by atoms with Gasteiger partial charge in [-0.2, -0.15) is 0 Å². The molecule has 4 rings (SSSR count). The SMILES string of the molecule is C#Cc1ccc2[nH]c(C(=O)O)cc2c1.CCOC(=O)c1cc2cc(C#C[Si](C)(C)C)ccc2[nH]1.[Li+].[OH-]. The molecule has 7 nitrogen and oxygen atoms in total. The summed E-state index contributed by atoms with van der Waals surface area (Å²) in [5.74, 6) is 4.43. The summed E-state index contributed by atoms with van der Waals surface area (Å²) in [7, 11) is -1.37. The quantitative estimate of drug-likeness (QED) is 0.229. The number of hydrogen-bond donors (Lipinski definition) is 3. The molecule has 0 fully saturated rings. The standard InChI is InChI=1S/C16H19NO2Si.C11H7NO2.Li.H2O/c1-5-19-16(18)15-11-13-10-12(6-7-14(13)17-15)8-9-20(2,3)4;1-2-7-3-4-9-8(5-7)6-10(12-9)11(13)14;;/h6-7,10-11,17H,5H2,1-4H3;1,3-6,12H,(H,13,14);;1H2/q;;+1;/p-1. The molecule has 36 heavy (non-hydrogen) atoms. The number of esters is 1. The van der Waals surface area contributed by atoms with Crippen molar-refractivity contribution in [1.82, 2.24) is 9.97 Å². The van der Waals surface area contributed by atoms with Gasteiger partial charge in [0, 0.05) is 32.9 Å². The van der Waals surface area contributed by atoms with E-state index in [1.165, 1.54) is 0 Å². The van der Waals surface area contributed by atoms with Gasteiger partial charge in [-0.1, -0.05) is 31.5 Å². The Balaban J connectivity index is 0.000000359. The van der Waals surface area contributed by atoms with E-state index in [4.69, 9.17) is 16.3 Å². The molecule has 4 aromatic rings. The van der Waals surface area contributed by atoms with Crippen molar-refractivity contribution in [2.24, 2.45) is 0 Å². The number of carbonyl (C=O) groups excluding carboxylic acids is 1. The maximum Gasteiger partial charge on any atom is 1.00 e. The fourth-order valence-corrected chi connectivity index (χ4v) is 3.65. The first-order chi connectivity index (χ1) is 16.1. The second kappa shape index (κ2) is 12.9. The molecule has 4 N–H and O–H groups in total. The molecule has 0 atom stereocenters. The molecule has 0 aliphatic heterocycles. The van der Waals surface area contributed by atoms with Crippen LogP contribution in [0.3, 0.4) is 0 Å². The van der Waals surface area contributed by atoms with E-state index in [-0.39, 0.29) is 36.0 Å². The number of carboxylic acid groups (broad SMARTS) is 1. The first-order valence-electron chi connectivity index (χ1n) is 10.8. The molecule has 2 aromatic carbocycles. The third-order valence-electron chi connectivity index (χ3n) is 4.72. The van der Waals surface area contributed by atoms with Crippen LogP contribution >= 0.6 is 0 Å². The van der Waals surface area contributed by atoms with E-state index < -0.39 is 14.0 Å². The number of benzene rings is 2. The van der Waals surface area contributed by atoms with Gasteiger partial charge in [0.1, 0.15) is 19.5 Å². The van der Waals surface area contributed by atoms with Gasteiger partial charge in [-0.05, 0) is 55.5 Å². The van der Waals surface area contributed by atoms with Gasteiger partial charge in [-0.25, -0.2) is 9.59 Å². The Morgan fingerprint density at radius 1 is 0.944 bits per heavy atom. The summed E-state index contributed by atoms with van der Waals surface area (Å²) in [6, 6.07) is 14.6. The van der Waals surface area contributed by atoms with Crippen molar-refractivity contribution in [1.29, 1.82) is 0 Å². The third kappa shape index (κ3) is 7.95. The Hall–Kier alpha value is -3.65. The summed E-state index contributed by atoms with van der Waals surface area (Å²) in [5.41, 5.74) is 7.43. The molecule has 0 saturated heterocycles. The number of carboxylic acids is 1. The van der Waals surface area contributed by atoms with Gasteiger partial charge < -0.3 is 25.3 Å². The van der Waals surface area contributed by atoms with Crippen LogP contribution < -0.4 is 18.9 Å². The summed E-state index contributed by atoms with van der Waals surface area (Å²) in [5, 5.41) is 10.5. The molecule has 0 saturated carbocycles. The minimum absolute atomic E-state index is 0. The van der Waals surface area contributed by atoms with Crippen molar-refractivity contribution in [3.63, 3.8) is 0 Å². The third-order valence-corrected chi connectivity index (χ3v) is 5.59. The maximum absolute atomic E-state index is 11.7. The van der Waals surface area contributed by atoms with Gasteiger partial charge in [0.25, 0.3) is 0 Å². The van der Waals surface area contributed by atoms with Gasteiger partial charge in [-0.15, -0.1) is 12.0 Å². The number of ether oxygens (including phenoxy) is 1. The monoisotopic (exact) mass is 494 g/mol. The van der Waals surface area contributed by atoms with Crippen LogP contribution in [-0.4, -0.2) is 47.2 Å². The van der Waals surface area contributed by atoms with Gasteiger partial charge in [0.15, 0.2) is 0 Å². The second-order valence-corrected chi connectivity index (χ2v) is 13.4. The predicted molar refractivity (Wildman–Crippen MR) is 140 cm³/mol. The summed E-state index contributed by atoms with van der Waals surface area (Å²) in [6.45, 7) is 8.82. The molecule has 0 aliphatic carbocycles. The Bertz CT molecular complexity index is 1480. The summed E-state index contributed by atoms with van der Waals surface area (Å²) in [4.78, 5) is 28.2. The molecule has 9 heteroatoms. The maximum atomic E-state index is 11.7. The molecule has 0 unspecified atom stereocenters. The molecular weight excluding hydrogens is 467 g/mol. The number of carbonyl (C=O) groups is 2. The van der Waals surface area contributed by atoms with Crippen molar-refractivity contribution < 1.29 is 43.8 Å². The van der Waals surface area contributed by atoms with E-state index in [9.17, 15) is 9.59 Å². The zero-order valence-electron chi connectivity index (χ0n) is 21.0. The summed E-state index contributed by atoms with van der Waals surface area (Å²) < 4.78 is 4.99. The van der Waals surface area contributed by atoms with Crippen LogP contribution in [0.15, 0.2) is 48.5 Å². The number of nitrogens with one attached hydrogen (secondary N) is 2. The minimum Gasteiger partial charge on any atom is -0.870 e. The van der Waals surface area contributed by atoms with Crippen LogP contribution in [0.4, 0.5) is 0 Å². The molecular formula is C27H27LiN2O5Si. The average Bonchev–Trinajstić information content (AvgIpc) is 3.41. The van der Waals surface area contributed by atoms with E-state index in [1.807, 2.05) is 24.3 Å².